The molecule has 0 unspecified atom stereocenters. The lowest BCUT2D eigenvalue weighted by atomic mass is 10.1. The number of nitrogens with one attached hydrogen (secondary N) is 1. The second kappa shape index (κ2) is 12.5. The highest BCUT2D eigenvalue weighted by Gasteiger charge is 2.25. The Kier molecular flexibility index (Phi) is 9.71. The van der Waals surface area contributed by atoms with E-state index in [-0.39, 0.29) is 18.4 Å². The molecule has 0 radical (unpaired) electrons. The van der Waals surface area contributed by atoms with Crippen LogP contribution in [0.3, 0.4) is 0 Å². The van der Waals surface area contributed by atoms with E-state index in [1.54, 1.807) is 43.2 Å². The number of nitrogens with zero attached hydrogens (tertiary/aromatic N) is 1. The van der Waals surface area contributed by atoms with Crippen LogP contribution in [0.5, 0.6) is 11.5 Å². The zero-order valence-corrected chi connectivity index (χ0v) is 18.1. The summed E-state index contributed by atoms with van der Waals surface area (Å²) in [6.07, 6.45) is 2.58. The van der Waals surface area contributed by atoms with Gasteiger partial charge in [0, 0.05) is 13.1 Å². The van der Waals surface area contributed by atoms with Gasteiger partial charge in [-0.25, -0.2) is 0 Å². The number of benzene rings is 2. The number of amides is 2. The molecule has 0 aliphatic heterocycles. The molecule has 0 heterocycles. The number of ether oxygens (including phenoxy) is 2. The van der Waals surface area contributed by atoms with E-state index in [1.807, 2.05) is 30.3 Å². The average molecular weight is 413 g/mol. The van der Waals surface area contributed by atoms with Gasteiger partial charge in [-0.05, 0) is 49.6 Å². The molecule has 6 heteroatoms. The molecular weight excluding hydrogens is 380 g/mol. The minimum Gasteiger partial charge on any atom is -0.497 e. The van der Waals surface area contributed by atoms with Crippen LogP contribution >= 0.6 is 0 Å². The first-order valence-corrected chi connectivity index (χ1v) is 10.4. The number of carbonyl (C=O) groups is 2. The van der Waals surface area contributed by atoms with Crippen LogP contribution in [0.2, 0.25) is 0 Å². The van der Waals surface area contributed by atoms with Gasteiger partial charge in [0.25, 0.3) is 5.91 Å². The predicted molar refractivity (Wildman–Crippen MR) is 118 cm³/mol. The van der Waals surface area contributed by atoms with Crippen LogP contribution in [-0.4, -0.2) is 49.6 Å². The zero-order valence-electron chi connectivity index (χ0n) is 18.1. The molecule has 0 aliphatic rings. The second-order valence-electron chi connectivity index (χ2n) is 7.11. The lowest BCUT2D eigenvalue weighted by molar-refractivity contribution is -0.141. The summed E-state index contributed by atoms with van der Waals surface area (Å²) in [7, 11) is 1.59. The summed E-state index contributed by atoms with van der Waals surface area (Å²) in [4.78, 5) is 27.1. The molecule has 0 spiro atoms. The van der Waals surface area contributed by atoms with Crippen molar-refractivity contribution in [2.75, 3.05) is 26.8 Å². The molecule has 2 rings (SSSR count). The summed E-state index contributed by atoms with van der Waals surface area (Å²) in [5, 5.41) is 2.92. The average Bonchev–Trinajstić information content (AvgIpc) is 2.78. The third-order valence-corrected chi connectivity index (χ3v) is 4.90. The highest BCUT2D eigenvalue weighted by atomic mass is 16.5. The van der Waals surface area contributed by atoms with Crippen LogP contribution in [0.4, 0.5) is 0 Å². The maximum atomic E-state index is 12.9. The van der Waals surface area contributed by atoms with Crippen molar-refractivity contribution in [2.24, 2.45) is 0 Å². The maximum absolute atomic E-state index is 12.9. The van der Waals surface area contributed by atoms with Crippen molar-refractivity contribution in [1.29, 1.82) is 0 Å². The van der Waals surface area contributed by atoms with Gasteiger partial charge in [0.1, 0.15) is 17.5 Å². The van der Waals surface area contributed by atoms with E-state index < -0.39 is 6.04 Å². The quantitative estimate of drug-likeness (QED) is 0.542. The first-order valence-electron chi connectivity index (χ1n) is 10.4. The van der Waals surface area contributed by atoms with Crippen LogP contribution in [0.1, 0.15) is 32.3 Å². The van der Waals surface area contributed by atoms with Crippen LogP contribution < -0.4 is 14.8 Å². The van der Waals surface area contributed by atoms with Crippen LogP contribution in [0.25, 0.3) is 0 Å². The molecule has 2 amide bonds. The molecule has 0 bridgehead atoms. The van der Waals surface area contributed by atoms with Crippen molar-refractivity contribution in [3.8, 4) is 11.5 Å². The number of hydrogen-bond donors (Lipinski definition) is 1. The van der Waals surface area contributed by atoms with Gasteiger partial charge in [-0.1, -0.05) is 43.7 Å². The van der Waals surface area contributed by atoms with Crippen molar-refractivity contribution in [3.63, 3.8) is 0 Å². The Morgan fingerprint density at radius 3 is 2.33 bits per heavy atom. The van der Waals surface area contributed by atoms with Crippen molar-refractivity contribution in [1.82, 2.24) is 10.2 Å². The fourth-order valence-corrected chi connectivity index (χ4v) is 3.01. The van der Waals surface area contributed by atoms with E-state index in [1.165, 1.54) is 0 Å². The summed E-state index contributed by atoms with van der Waals surface area (Å²) in [6, 6.07) is 16.4. The summed E-state index contributed by atoms with van der Waals surface area (Å²) >= 11 is 0. The Labute approximate surface area is 179 Å². The van der Waals surface area contributed by atoms with Gasteiger partial charge in [0.05, 0.1) is 7.11 Å². The van der Waals surface area contributed by atoms with Gasteiger partial charge in [-0.15, -0.1) is 0 Å². The third kappa shape index (κ3) is 7.43. The number of carbonyl (C=O) groups excluding carboxylic acids is 2. The monoisotopic (exact) mass is 412 g/mol. The van der Waals surface area contributed by atoms with Crippen molar-refractivity contribution in [2.45, 2.75) is 39.2 Å². The maximum Gasteiger partial charge on any atom is 0.261 e. The molecule has 2 aromatic rings. The van der Waals surface area contributed by atoms with Crippen molar-refractivity contribution < 1.29 is 19.1 Å². The first kappa shape index (κ1) is 23.3. The predicted octanol–water partition coefficient (Wildman–Crippen LogP) is 3.45. The van der Waals surface area contributed by atoms with Crippen molar-refractivity contribution in [3.05, 3.63) is 60.2 Å². The van der Waals surface area contributed by atoms with E-state index in [2.05, 4.69) is 12.2 Å². The van der Waals surface area contributed by atoms with Crippen LogP contribution in [-0.2, 0) is 16.0 Å². The molecule has 0 aliphatic carbocycles. The molecule has 0 fully saturated rings. The zero-order chi connectivity index (χ0) is 21.8. The number of rotatable bonds is 12. The fraction of sp³-hybridized carbons (Fsp3) is 0.417. The molecule has 1 atom stereocenters. The number of unbranched alkanes of at least 4 members (excludes halogenated alkanes) is 1. The SMILES string of the molecule is CCCCNC(=O)[C@H](C)N(CCc1ccccc1)C(=O)COc1ccc(OC)cc1. The molecular formula is C24H32N2O4. The molecule has 6 nitrogen and oxygen atoms in total. The fourth-order valence-electron chi connectivity index (χ4n) is 3.01. The summed E-state index contributed by atoms with van der Waals surface area (Å²) in [6.45, 7) is 4.76. The van der Waals surface area contributed by atoms with Crippen LogP contribution in [0, 0.1) is 0 Å². The Bertz CT molecular complexity index is 778. The molecule has 0 saturated heterocycles. The Balaban J connectivity index is 2.01. The van der Waals surface area contributed by atoms with Crippen molar-refractivity contribution >= 4 is 11.8 Å². The highest BCUT2D eigenvalue weighted by molar-refractivity contribution is 5.87. The molecule has 0 aromatic heterocycles. The Morgan fingerprint density at radius 1 is 1.03 bits per heavy atom. The van der Waals surface area contributed by atoms with E-state index in [4.69, 9.17) is 9.47 Å². The van der Waals surface area contributed by atoms with Gasteiger partial charge >= 0.3 is 0 Å². The van der Waals surface area contributed by atoms with E-state index in [0.717, 1.165) is 24.2 Å². The first-order chi connectivity index (χ1) is 14.5. The van der Waals surface area contributed by atoms with Gasteiger partial charge < -0.3 is 19.7 Å². The van der Waals surface area contributed by atoms with E-state index in [9.17, 15) is 9.59 Å². The Hall–Kier alpha value is -3.02. The molecule has 162 valence electrons. The van der Waals surface area contributed by atoms with Gasteiger partial charge in [0.2, 0.25) is 5.91 Å². The standard InChI is InChI=1S/C24H32N2O4/c1-4-5-16-25-24(28)19(2)26(17-15-20-9-7-6-8-10-20)23(27)18-30-22-13-11-21(29-3)12-14-22/h6-14,19H,4-5,15-18H2,1-3H3,(H,25,28)/t19-/m0/s1. The Morgan fingerprint density at radius 2 is 1.70 bits per heavy atom. The topological polar surface area (TPSA) is 67.9 Å². The minimum absolute atomic E-state index is 0.131. The summed E-state index contributed by atoms with van der Waals surface area (Å²) in [5.74, 6) is 0.928. The molecule has 30 heavy (non-hydrogen) atoms. The molecule has 2 aromatic carbocycles. The largest absolute Gasteiger partial charge is 0.497 e. The highest BCUT2D eigenvalue weighted by Crippen LogP contribution is 2.17. The normalized spacial score (nSPS) is 11.4. The molecule has 1 N–H and O–H groups in total. The van der Waals surface area contributed by atoms with E-state index >= 15 is 0 Å². The van der Waals surface area contributed by atoms with Gasteiger partial charge in [0.15, 0.2) is 6.61 Å². The second-order valence-corrected chi connectivity index (χ2v) is 7.11. The third-order valence-electron chi connectivity index (χ3n) is 4.90. The minimum atomic E-state index is -0.572. The van der Waals surface area contributed by atoms with E-state index in [0.29, 0.717) is 25.3 Å². The lowest BCUT2D eigenvalue weighted by Crippen LogP contribution is -2.50. The molecule has 0 saturated carbocycles. The summed E-state index contributed by atoms with van der Waals surface area (Å²) in [5.41, 5.74) is 1.12. The number of methoxy groups -OCH3 is 1. The lowest BCUT2D eigenvalue weighted by Gasteiger charge is -2.28. The van der Waals surface area contributed by atoms with Crippen LogP contribution in [0.15, 0.2) is 54.6 Å². The van der Waals surface area contributed by atoms with Gasteiger partial charge in [-0.2, -0.15) is 0 Å². The number of hydrogen-bond acceptors (Lipinski definition) is 4. The summed E-state index contributed by atoms with van der Waals surface area (Å²) < 4.78 is 10.8. The van der Waals surface area contributed by atoms with Gasteiger partial charge in [-0.3, -0.25) is 9.59 Å². The smallest absolute Gasteiger partial charge is 0.261 e.